The molecule has 0 spiro atoms. The van der Waals surface area contributed by atoms with E-state index in [4.69, 9.17) is 9.72 Å². The monoisotopic (exact) mass is 431 g/mol. The Morgan fingerprint density at radius 2 is 1.55 bits per heavy atom. The van der Waals surface area contributed by atoms with Crippen LogP contribution in [-0.4, -0.2) is 14.5 Å². The maximum absolute atomic E-state index is 13.3. The van der Waals surface area contributed by atoms with Crippen LogP contribution < -0.4 is 10.3 Å². The summed E-state index contributed by atoms with van der Waals surface area (Å²) < 4.78 is 7.65. The van der Waals surface area contributed by atoms with Crippen LogP contribution in [0.1, 0.15) is 17.1 Å². The Morgan fingerprint density at radius 3 is 2.39 bits per heavy atom. The molecule has 5 rings (SSSR count). The number of pyridine rings is 1. The molecule has 0 bridgehead atoms. The first-order chi connectivity index (χ1) is 16.3. The van der Waals surface area contributed by atoms with Gasteiger partial charge in [-0.15, -0.1) is 0 Å². The first kappa shape index (κ1) is 20.4. The Bertz CT molecular complexity index is 1480. The lowest BCUT2D eigenvalue weighted by atomic mass is 10.1. The van der Waals surface area contributed by atoms with Crippen LogP contribution in [0.2, 0.25) is 0 Å². The second-order valence-corrected chi connectivity index (χ2v) is 7.44. The zero-order valence-corrected chi connectivity index (χ0v) is 17.8. The molecule has 0 radical (unpaired) electrons. The van der Waals surface area contributed by atoms with Crippen molar-refractivity contribution in [2.75, 3.05) is 0 Å². The lowest BCUT2D eigenvalue weighted by Crippen LogP contribution is -2.22. The van der Waals surface area contributed by atoms with Crippen LogP contribution in [0.4, 0.5) is 0 Å². The van der Waals surface area contributed by atoms with E-state index in [0.717, 1.165) is 22.7 Å². The molecule has 0 N–H and O–H groups in total. The number of rotatable bonds is 6. The molecule has 0 amide bonds. The summed E-state index contributed by atoms with van der Waals surface area (Å²) >= 11 is 0. The zero-order chi connectivity index (χ0) is 22.5. The maximum Gasteiger partial charge on any atom is 0.266 e. The average Bonchev–Trinajstić information content (AvgIpc) is 2.88. The molecule has 0 unspecified atom stereocenters. The molecule has 0 aliphatic rings. The van der Waals surface area contributed by atoms with Crippen LogP contribution in [0.15, 0.2) is 108 Å². The highest BCUT2D eigenvalue weighted by Crippen LogP contribution is 2.22. The van der Waals surface area contributed by atoms with Crippen molar-refractivity contribution in [2.24, 2.45) is 0 Å². The Labute approximate surface area is 191 Å². The van der Waals surface area contributed by atoms with Gasteiger partial charge in [0.15, 0.2) is 0 Å². The summed E-state index contributed by atoms with van der Waals surface area (Å²) in [5, 5.41) is 0.581. The van der Waals surface area contributed by atoms with Gasteiger partial charge in [-0.2, -0.15) is 0 Å². The molecule has 0 fully saturated rings. The third kappa shape index (κ3) is 4.43. The highest BCUT2D eigenvalue weighted by atomic mass is 16.5. The predicted molar refractivity (Wildman–Crippen MR) is 131 cm³/mol. The van der Waals surface area contributed by atoms with E-state index in [1.807, 2.05) is 103 Å². The van der Waals surface area contributed by atoms with Crippen molar-refractivity contribution in [3.05, 3.63) is 131 Å². The van der Waals surface area contributed by atoms with Crippen LogP contribution >= 0.6 is 0 Å². The van der Waals surface area contributed by atoms with E-state index in [1.165, 1.54) is 0 Å². The Hall–Kier alpha value is -4.51. The minimum absolute atomic E-state index is 0.105. The molecular weight excluding hydrogens is 410 g/mol. The van der Waals surface area contributed by atoms with E-state index in [9.17, 15) is 4.79 Å². The van der Waals surface area contributed by atoms with Gasteiger partial charge >= 0.3 is 0 Å². The quantitative estimate of drug-likeness (QED) is 0.355. The van der Waals surface area contributed by atoms with Gasteiger partial charge in [0.2, 0.25) is 0 Å². The third-order valence-corrected chi connectivity index (χ3v) is 5.25. The Kier molecular flexibility index (Phi) is 5.76. The number of para-hydroxylation sites is 3. The summed E-state index contributed by atoms with van der Waals surface area (Å²) in [5.41, 5.74) is 3.06. The van der Waals surface area contributed by atoms with Crippen molar-refractivity contribution in [2.45, 2.75) is 6.61 Å². The summed E-state index contributed by atoms with van der Waals surface area (Å²) in [6, 6.07) is 30.4. The third-order valence-electron chi connectivity index (χ3n) is 5.25. The minimum atomic E-state index is -0.105. The molecule has 2 aromatic heterocycles. The molecule has 3 aromatic carbocycles. The van der Waals surface area contributed by atoms with Gasteiger partial charge in [-0.1, -0.05) is 54.6 Å². The maximum atomic E-state index is 13.3. The van der Waals surface area contributed by atoms with Gasteiger partial charge in [0.05, 0.1) is 22.3 Å². The fourth-order valence-corrected chi connectivity index (χ4v) is 3.64. The Morgan fingerprint density at radius 1 is 0.788 bits per heavy atom. The fourth-order valence-electron chi connectivity index (χ4n) is 3.64. The SMILES string of the molecule is O=c1c2ccccc2nc(/C=C/c2ccccc2OCc2ccccn2)n1-c1ccccc1. The molecule has 0 aliphatic carbocycles. The molecule has 5 nitrogen and oxygen atoms in total. The molecule has 0 saturated carbocycles. The smallest absolute Gasteiger partial charge is 0.266 e. The summed E-state index contributed by atoms with van der Waals surface area (Å²) in [6.45, 7) is 0.370. The summed E-state index contributed by atoms with van der Waals surface area (Å²) in [7, 11) is 0. The molecule has 5 aromatic rings. The van der Waals surface area contributed by atoms with Crippen molar-refractivity contribution in [1.29, 1.82) is 0 Å². The minimum Gasteiger partial charge on any atom is -0.487 e. The number of hydrogen-bond acceptors (Lipinski definition) is 4. The highest BCUT2D eigenvalue weighted by Gasteiger charge is 2.11. The number of hydrogen-bond donors (Lipinski definition) is 0. The van der Waals surface area contributed by atoms with Crippen LogP contribution in [0, 0.1) is 0 Å². The van der Waals surface area contributed by atoms with E-state index in [1.54, 1.807) is 16.8 Å². The fraction of sp³-hybridized carbons (Fsp3) is 0.0357. The van der Waals surface area contributed by atoms with Crippen LogP contribution in [0.5, 0.6) is 5.75 Å². The summed E-state index contributed by atoms with van der Waals surface area (Å²) in [5.74, 6) is 1.28. The molecule has 33 heavy (non-hydrogen) atoms. The molecule has 0 saturated heterocycles. The first-order valence-electron chi connectivity index (χ1n) is 10.7. The van der Waals surface area contributed by atoms with E-state index in [-0.39, 0.29) is 5.56 Å². The number of ether oxygens (including phenoxy) is 1. The number of benzene rings is 3. The van der Waals surface area contributed by atoms with Crippen LogP contribution in [0.25, 0.3) is 28.7 Å². The second kappa shape index (κ2) is 9.32. The highest BCUT2D eigenvalue weighted by molar-refractivity contribution is 5.80. The lowest BCUT2D eigenvalue weighted by Gasteiger charge is -2.12. The largest absolute Gasteiger partial charge is 0.487 e. The van der Waals surface area contributed by atoms with Gasteiger partial charge in [0.25, 0.3) is 5.56 Å². The first-order valence-corrected chi connectivity index (χ1v) is 10.7. The molecular formula is C28H21N3O2. The van der Waals surface area contributed by atoms with Gasteiger partial charge in [-0.05, 0) is 54.6 Å². The predicted octanol–water partition coefficient (Wildman–Crippen LogP) is 5.53. The summed E-state index contributed by atoms with van der Waals surface area (Å²) in [6.07, 6.45) is 5.52. The van der Waals surface area contributed by atoms with Crippen molar-refractivity contribution >= 4 is 23.1 Å². The van der Waals surface area contributed by atoms with Crippen molar-refractivity contribution in [3.8, 4) is 11.4 Å². The lowest BCUT2D eigenvalue weighted by molar-refractivity contribution is 0.300. The van der Waals surface area contributed by atoms with Gasteiger partial charge < -0.3 is 4.74 Å². The van der Waals surface area contributed by atoms with Crippen molar-refractivity contribution < 1.29 is 4.74 Å². The number of fused-ring (bicyclic) bond motifs is 1. The molecule has 0 atom stereocenters. The van der Waals surface area contributed by atoms with Crippen LogP contribution in [0.3, 0.4) is 0 Å². The van der Waals surface area contributed by atoms with E-state index in [2.05, 4.69) is 4.98 Å². The van der Waals surface area contributed by atoms with Gasteiger partial charge in [0.1, 0.15) is 18.2 Å². The summed E-state index contributed by atoms with van der Waals surface area (Å²) in [4.78, 5) is 22.4. The topological polar surface area (TPSA) is 57.0 Å². The molecule has 5 heteroatoms. The molecule has 2 heterocycles. The molecule has 0 aliphatic heterocycles. The zero-order valence-electron chi connectivity index (χ0n) is 17.8. The van der Waals surface area contributed by atoms with Gasteiger partial charge in [-0.25, -0.2) is 4.98 Å². The van der Waals surface area contributed by atoms with E-state index in [0.29, 0.717) is 23.3 Å². The standard InChI is InChI=1S/C28H21N3O2/c32-28-24-14-5-6-15-25(24)30-27(31(28)23-12-2-1-3-13-23)18-17-21-10-4-7-16-26(21)33-20-22-11-8-9-19-29-22/h1-19H,20H2/b18-17+. The van der Waals surface area contributed by atoms with Crippen molar-refractivity contribution in [1.82, 2.24) is 14.5 Å². The van der Waals surface area contributed by atoms with Gasteiger partial charge in [0, 0.05) is 11.8 Å². The van der Waals surface area contributed by atoms with Crippen LogP contribution in [-0.2, 0) is 6.61 Å². The Balaban J connectivity index is 1.55. The second-order valence-electron chi connectivity index (χ2n) is 7.44. The number of nitrogens with zero attached hydrogens (tertiary/aromatic N) is 3. The van der Waals surface area contributed by atoms with E-state index < -0.39 is 0 Å². The van der Waals surface area contributed by atoms with Gasteiger partial charge in [-0.3, -0.25) is 14.3 Å². The number of aromatic nitrogens is 3. The van der Waals surface area contributed by atoms with Crippen molar-refractivity contribution in [3.63, 3.8) is 0 Å². The average molecular weight is 431 g/mol. The normalized spacial score (nSPS) is 11.2. The molecule has 160 valence electrons. The van der Waals surface area contributed by atoms with E-state index >= 15 is 0 Å².